The number of rotatable bonds is 4. The Hall–Kier alpha value is -2.96. The summed E-state index contributed by atoms with van der Waals surface area (Å²) in [5, 5.41) is 7.57. The van der Waals surface area contributed by atoms with E-state index < -0.39 is 0 Å². The molecule has 23 heavy (non-hydrogen) atoms. The van der Waals surface area contributed by atoms with Crippen molar-refractivity contribution in [1.82, 2.24) is 24.8 Å². The Labute approximate surface area is 134 Å². The molecule has 3 rings (SSSR count). The van der Waals surface area contributed by atoms with E-state index in [4.69, 9.17) is 6.11 Å². The number of benzene rings is 1. The van der Waals surface area contributed by atoms with Crippen molar-refractivity contribution < 1.29 is 6.11 Å². The zero-order chi connectivity index (χ0) is 17.3. The van der Waals surface area contributed by atoms with Crippen LogP contribution in [0.15, 0.2) is 41.3 Å². The fourth-order valence-corrected chi connectivity index (χ4v) is 2.19. The van der Waals surface area contributed by atoms with Crippen molar-refractivity contribution in [2.75, 3.05) is 0 Å². The molecular weight excluding hydrogens is 294 g/mol. The van der Waals surface area contributed by atoms with Gasteiger partial charge < -0.3 is 4.74 Å². The van der Waals surface area contributed by atoms with Crippen LogP contribution in [0, 0.1) is 13.8 Å². The second kappa shape index (κ2) is 6.04. The molecular formula is C16H17N5O2. The van der Waals surface area contributed by atoms with Crippen molar-refractivity contribution in [3.05, 3.63) is 63.7 Å². The minimum absolute atomic E-state index is 0.232. The Morgan fingerprint density at radius 1 is 1.22 bits per heavy atom. The minimum atomic E-state index is -0.371. The highest BCUT2D eigenvalue weighted by atomic mass is 16.5. The van der Waals surface area contributed by atoms with E-state index in [1.807, 2.05) is 19.9 Å². The van der Waals surface area contributed by atoms with Crippen LogP contribution in [-0.2, 0) is 13.7 Å². The van der Waals surface area contributed by atoms with Gasteiger partial charge in [-0.3, -0.25) is 0 Å². The number of aromatic nitrogens is 5. The minimum Gasteiger partial charge on any atom is -0.488 e. The van der Waals surface area contributed by atoms with Gasteiger partial charge in [0.05, 0.1) is 1.37 Å². The molecule has 2 aromatic heterocycles. The van der Waals surface area contributed by atoms with Crippen LogP contribution in [0.4, 0.5) is 0 Å². The van der Waals surface area contributed by atoms with E-state index in [0.717, 1.165) is 26.1 Å². The summed E-state index contributed by atoms with van der Waals surface area (Å²) in [6.45, 7) is 4.04. The van der Waals surface area contributed by atoms with E-state index in [0.29, 0.717) is 17.6 Å². The number of nitrogens with zero attached hydrogens (tertiary/aromatic N) is 5. The summed E-state index contributed by atoms with van der Waals surface area (Å²) < 4.78 is 15.8. The summed E-state index contributed by atoms with van der Waals surface area (Å²) in [6, 6.07) is 7.46. The topological polar surface area (TPSA) is 74.8 Å². The summed E-state index contributed by atoms with van der Waals surface area (Å²) in [6.07, 6.45) is 1.62. The van der Waals surface area contributed by atoms with Gasteiger partial charge in [0.25, 0.3) is 0 Å². The maximum absolute atomic E-state index is 12.1. The largest absolute Gasteiger partial charge is 0.488 e. The molecule has 0 N–H and O–H groups in total. The molecule has 0 unspecified atom stereocenters. The van der Waals surface area contributed by atoms with Crippen LogP contribution in [0.3, 0.4) is 0 Å². The van der Waals surface area contributed by atoms with Crippen LogP contribution in [0.1, 0.15) is 18.1 Å². The first-order chi connectivity index (χ1) is 11.5. The number of aryl methyl sites for hydroxylation is 3. The van der Waals surface area contributed by atoms with Crippen LogP contribution >= 0.6 is 0 Å². The van der Waals surface area contributed by atoms with Gasteiger partial charge in [0, 0.05) is 18.8 Å². The van der Waals surface area contributed by atoms with E-state index in [1.54, 1.807) is 24.4 Å². The molecule has 118 valence electrons. The fraction of sp³-hybridized carbons (Fsp3) is 0.250. The maximum Gasteiger partial charge on any atom is 0.369 e. The van der Waals surface area contributed by atoms with Crippen LogP contribution in [-0.4, -0.2) is 24.8 Å². The van der Waals surface area contributed by atoms with Crippen molar-refractivity contribution >= 4 is 0 Å². The van der Waals surface area contributed by atoms with Gasteiger partial charge in [-0.25, -0.2) is 9.78 Å². The summed E-state index contributed by atoms with van der Waals surface area (Å²) in [5.74, 6) is 1.09. The molecule has 0 aliphatic rings. The molecule has 0 atom stereocenters. The molecule has 0 fully saturated rings. The normalized spacial score (nSPS) is 11.3. The van der Waals surface area contributed by atoms with Gasteiger partial charge in [-0.1, -0.05) is 18.2 Å². The molecule has 7 nitrogen and oxygen atoms in total. The average Bonchev–Trinajstić information content (AvgIpc) is 2.87. The molecule has 2 heterocycles. The molecule has 0 spiro atoms. The molecule has 0 saturated heterocycles. The van der Waals surface area contributed by atoms with Crippen molar-refractivity contribution in [3.8, 4) is 11.6 Å². The van der Waals surface area contributed by atoms with E-state index >= 15 is 0 Å². The highest BCUT2D eigenvalue weighted by Gasteiger charge is 2.15. The van der Waals surface area contributed by atoms with Gasteiger partial charge in [-0.05, 0) is 47.5 Å². The Morgan fingerprint density at radius 2 is 2.04 bits per heavy atom. The van der Waals surface area contributed by atoms with Gasteiger partial charge in [0.15, 0.2) is 5.82 Å². The van der Waals surface area contributed by atoms with Gasteiger partial charge in [-0.2, -0.15) is 4.68 Å². The second-order valence-electron chi connectivity index (χ2n) is 5.21. The zero-order valence-corrected chi connectivity index (χ0v) is 13.1. The Bertz CT molecular complexity index is 948. The Morgan fingerprint density at radius 3 is 2.74 bits per heavy atom. The van der Waals surface area contributed by atoms with E-state index in [9.17, 15) is 4.79 Å². The Kier molecular flexibility index (Phi) is 3.59. The standard InChI is InChI=1S/C16H17N5O2/c1-11-8-9-17-15(21-16(22)20(3)18-19-21)13(11)10-23-14-7-5-4-6-12(14)2/h4-9H,10H2,1-3H3/i4T. The molecule has 3 aromatic rings. The third kappa shape index (κ3) is 2.85. The van der Waals surface area contributed by atoms with Crippen molar-refractivity contribution in [3.63, 3.8) is 0 Å². The third-order valence-electron chi connectivity index (χ3n) is 3.58. The fourth-order valence-electron chi connectivity index (χ4n) is 2.19. The predicted molar refractivity (Wildman–Crippen MR) is 84.6 cm³/mol. The lowest BCUT2D eigenvalue weighted by atomic mass is 10.1. The lowest BCUT2D eigenvalue weighted by Gasteiger charge is -2.13. The summed E-state index contributed by atoms with van der Waals surface area (Å²) in [7, 11) is 1.53. The number of hydrogen-bond acceptors (Lipinski definition) is 5. The van der Waals surface area contributed by atoms with Crippen LogP contribution in [0.5, 0.6) is 5.75 Å². The first-order valence-electron chi connectivity index (χ1n) is 7.61. The van der Waals surface area contributed by atoms with Crippen molar-refractivity contribution in [2.24, 2.45) is 7.05 Å². The Balaban J connectivity index is 1.96. The number of ether oxygens (including phenoxy) is 1. The molecule has 7 heteroatoms. The first-order valence-corrected chi connectivity index (χ1v) is 7.11. The average molecular weight is 313 g/mol. The molecule has 0 saturated carbocycles. The van der Waals surface area contributed by atoms with Crippen LogP contribution in [0.25, 0.3) is 5.82 Å². The van der Waals surface area contributed by atoms with E-state index in [-0.39, 0.29) is 12.3 Å². The molecule has 0 bridgehead atoms. The highest BCUT2D eigenvalue weighted by Crippen LogP contribution is 2.21. The lowest BCUT2D eigenvalue weighted by Crippen LogP contribution is -2.24. The molecule has 0 aliphatic carbocycles. The highest BCUT2D eigenvalue weighted by molar-refractivity contribution is 5.39. The first kappa shape index (κ1) is 13.7. The monoisotopic (exact) mass is 313 g/mol. The number of hydrogen-bond donors (Lipinski definition) is 0. The van der Waals surface area contributed by atoms with Gasteiger partial charge in [0.1, 0.15) is 12.4 Å². The van der Waals surface area contributed by atoms with E-state index in [1.165, 1.54) is 7.05 Å². The number of pyridine rings is 1. The SMILES string of the molecule is [3H]c1ccc(OCc2c(C)ccnc2-n2nnn(C)c2=O)c(C)c1. The number of para-hydroxylation sites is 1. The summed E-state index contributed by atoms with van der Waals surface area (Å²) in [5.41, 5.74) is 2.20. The quantitative estimate of drug-likeness (QED) is 0.730. The van der Waals surface area contributed by atoms with Crippen LogP contribution in [0.2, 0.25) is 0 Å². The zero-order valence-electron chi connectivity index (χ0n) is 14.1. The van der Waals surface area contributed by atoms with Crippen molar-refractivity contribution in [1.29, 1.82) is 0 Å². The van der Waals surface area contributed by atoms with Crippen LogP contribution < -0.4 is 10.4 Å². The summed E-state index contributed by atoms with van der Waals surface area (Å²) in [4.78, 5) is 16.4. The van der Waals surface area contributed by atoms with Gasteiger partial charge in [-0.15, -0.1) is 4.68 Å². The maximum atomic E-state index is 12.1. The molecule has 0 amide bonds. The second-order valence-corrected chi connectivity index (χ2v) is 5.21. The smallest absolute Gasteiger partial charge is 0.369 e. The van der Waals surface area contributed by atoms with Gasteiger partial charge >= 0.3 is 5.69 Å². The lowest BCUT2D eigenvalue weighted by molar-refractivity contribution is 0.302. The number of tetrazole rings is 1. The van der Waals surface area contributed by atoms with E-state index in [2.05, 4.69) is 15.4 Å². The summed E-state index contributed by atoms with van der Waals surface area (Å²) >= 11 is 0. The molecule has 0 radical (unpaired) electrons. The third-order valence-corrected chi connectivity index (χ3v) is 3.58. The van der Waals surface area contributed by atoms with Crippen molar-refractivity contribution in [2.45, 2.75) is 20.5 Å². The molecule has 0 aliphatic heterocycles. The molecule has 1 aromatic carbocycles. The van der Waals surface area contributed by atoms with Gasteiger partial charge in [0.2, 0.25) is 0 Å². The predicted octanol–water partition coefficient (Wildman–Crippen LogP) is 1.56.